The average Bonchev–Trinajstić information content (AvgIpc) is 2.75. The third-order valence-corrected chi connectivity index (χ3v) is 6.18. The molecule has 2 aromatic rings. The SMILES string of the molecule is COc1ccc2ncc(Cl)c(C(O)CCC3CCN(C(=O)[O-])C(C(=O)OC(C)(C)C)C3)c2c1. The quantitative estimate of drug-likeness (QED) is 0.634. The number of methoxy groups -OCH3 is 1. The van der Waals surface area contributed by atoms with Crippen molar-refractivity contribution in [3.05, 3.63) is 35.0 Å². The number of carbonyl (C=O) groups is 2. The van der Waals surface area contributed by atoms with Gasteiger partial charge in [0.05, 0.1) is 23.8 Å². The van der Waals surface area contributed by atoms with Crippen LogP contribution in [0.25, 0.3) is 10.9 Å². The van der Waals surface area contributed by atoms with E-state index in [1.165, 1.54) is 6.20 Å². The van der Waals surface area contributed by atoms with E-state index in [-0.39, 0.29) is 12.5 Å². The van der Waals surface area contributed by atoms with Gasteiger partial charge >= 0.3 is 5.97 Å². The molecule has 3 unspecified atom stereocenters. The molecule has 3 rings (SSSR count). The molecular weight excluding hydrogens is 448 g/mol. The Hall–Kier alpha value is -2.58. The minimum absolute atomic E-state index is 0.0363. The van der Waals surface area contributed by atoms with Gasteiger partial charge in [0.15, 0.2) is 0 Å². The second-order valence-electron chi connectivity index (χ2n) is 9.40. The number of pyridine rings is 1. The van der Waals surface area contributed by atoms with Gasteiger partial charge in [0.1, 0.15) is 23.5 Å². The fourth-order valence-electron chi connectivity index (χ4n) is 4.28. The van der Waals surface area contributed by atoms with Crippen LogP contribution in [-0.4, -0.2) is 52.4 Å². The van der Waals surface area contributed by atoms with Crippen LogP contribution in [0.3, 0.4) is 0 Å². The summed E-state index contributed by atoms with van der Waals surface area (Å²) < 4.78 is 10.7. The molecule has 1 amide bonds. The molecule has 0 radical (unpaired) electrons. The predicted molar refractivity (Wildman–Crippen MR) is 122 cm³/mol. The van der Waals surface area contributed by atoms with Crippen LogP contribution in [0.1, 0.15) is 58.1 Å². The summed E-state index contributed by atoms with van der Waals surface area (Å²) in [6, 6.07) is 4.48. The molecule has 0 spiro atoms. The molecule has 1 N–H and O–H groups in total. The van der Waals surface area contributed by atoms with Gasteiger partial charge in [-0.3, -0.25) is 4.98 Å². The van der Waals surface area contributed by atoms with Crippen molar-refractivity contribution in [2.24, 2.45) is 5.92 Å². The normalized spacial score (nSPS) is 19.9. The summed E-state index contributed by atoms with van der Waals surface area (Å²) in [5.74, 6) is 0.0938. The highest BCUT2D eigenvalue weighted by molar-refractivity contribution is 6.32. The van der Waals surface area contributed by atoms with Crippen molar-refractivity contribution < 1.29 is 29.3 Å². The number of ether oxygens (including phenoxy) is 2. The number of nitrogens with zero attached hydrogens (tertiary/aromatic N) is 2. The lowest BCUT2D eigenvalue weighted by molar-refractivity contribution is -0.270. The van der Waals surface area contributed by atoms with Crippen LogP contribution >= 0.6 is 11.6 Å². The Bertz CT molecular complexity index is 1020. The van der Waals surface area contributed by atoms with E-state index >= 15 is 0 Å². The Morgan fingerprint density at radius 3 is 2.73 bits per heavy atom. The fraction of sp³-hybridized carbons (Fsp3) is 0.542. The van der Waals surface area contributed by atoms with Gasteiger partial charge < -0.3 is 29.4 Å². The summed E-state index contributed by atoms with van der Waals surface area (Å²) in [5.41, 5.74) is 0.552. The Morgan fingerprint density at radius 2 is 2.09 bits per heavy atom. The molecular formula is C24H30ClN2O6-. The second kappa shape index (κ2) is 10.1. The maximum absolute atomic E-state index is 12.6. The lowest BCUT2D eigenvalue weighted by atomic mass is 9.85. The van der Waals surface area contributed by atoms with E-state index in [0.29, 0.717) is 52.9 Å². The number of carboxylic acid groups (broad SMARTS) is 1. The first-order valence-corrected chi connectivity index (χ1v) is 11.4. The molecule has 1 aromatic carbocycles. The third-order valence-electron chi connectivity index (χ3n) is 5.87. The van der Waals surface area contributed by atoms with Crippen molar-refractivity contribution in [3.63, 3.8) is 0 Å². The number of aliphatic hydroxyl groups excluding tert-OH is 1. The number of hydrogen-bond donors (Lipinski definition) is 1. The smallest absolute Gasteiger partial charge is 0.329 e. The zero-order valence-electron chi connectivity index (χ0n) is 19.3. The molecule has 180 valence electrons. The van der Waals surface area contributed by atoms with Gasteiger partial charge in [0.2, 0.25) is 0 Å². The van der Waals surface area contributed by atoms with Crippen molar-refractivity contribution in [1.82, 2.24) is 9.88 Å². The Labute approximate surface area is 198 Å². The van der Waals surface area contributed by atoms with Crippen molar-refractivity contribution in [1.29, 1.82) is 0 Å². The van der Waals surface area contributed by atoms with E-state index in [9.17, 15) is 19.8 Å². The first-order valence-electron chi connectivity index (χ1n) is 11.0. The minimum Gasteiger partial charge on any atom is -0.530 e. The lowest BCUT2D eigenvalue weighted by Gasteiger charge is -2.40. The summed E-state index contributed by atoms with van der Waals surface area (Å²) in [7, 11) is 1.56. The molecule has 1 fully saturated rings. The lowest BCUT2D eigenvalue weighted by Crippen LogP contribution is -2.55. The molecule has 1 aliphatic rings. The largest absolute Gasteiger partial charge is 0.530 e. The number of piperidine rings is 1. The van der Waals surface area contributed by atoms with E-state index in [1.54, 1.807) is 40.0 Å². The Balaban J connectivity index is 1.74. The van der Waals surface area contributed by atoms with E-state index in [1.807, 2.05) is 6.07 Å². The number of rotatable bonds is 6. The number of hydrogen-bond acceptors (Lipinski definition) is 7. The molecule has 0 aliphatic carbocycles. The van der Waals surface area contributed by atoms with Crippen LogP contribution in [0.5, 0.6) is 5.75 Å². The molecule has 1 saturated heterocycles. The van der Waals surface area contributed by atoms with E-state index < -0.39 is 29.8 Å². The predicted octanol–water partition coefficient (Wildman–Crippen LogP) is 3.48. The van der Waals surface area contributed by atoms with E-state index in [4.69, 9.17) is 21.1 Å². The zero-order valence-corrected chi connectivity index (χ0v) is 20.1. The molecule has 0 saturated carbocycles. The highest BCUT2D eigenvalue weighted by Crippen LogP contribution is 2.36. The Kier molecular flexibility index (Phi) is 7.69. The van der Waals surface area contributed by atoms with Crippen LogP contribution < -0.4 is 9.84 Å². The van der Waals surface area contributed by atoms with E-state index in [0.717, 1.165) is 4.90 Å². The fourth-order valence-corrected chi connectivity index (χ4v) is 4.56. The van der Waals surface area contributed by atoms with Crippen molar-refractivity contribution in [3.8, 4) is 5.75 Å². The third kappa shape index (κ3) is 6.06. The number of benzene rings is 1. The Morgan fingerprint density at radius 1 is 1.36 bits per heavy atom. The van der Waals surface area contributed by atoms with E-state index in [2.05, 4.69) is 4.98 Å². The molecule has 1 aliphatic heterocycles. The van der Waals surface area contributed by atoms with Gasteiger partial charge in [-0.1, -0.05) is 11.6 Å². The van der Waals surface area contributed by atoms with Crippen LogP contribution in [0.2, 0.25) is 5.02 Å². The summed E-state index contributed by atoms with van der Waals surface area (Å²) >= 11 is 6.39. The van der Waals surface area contributed by atoms with Crippen LogP contribution in [0, 0.1) is 5.92 Å². The molecule has 8 nitrogen and oxygen atoms in total. The second-order valence-corrected chi connectivity index (χ2v) is 9.80. The van der Waals surface area contributed by atoms with Gasteiger partial charge in [0, 0.05) is 23.7 Å². The molecule has 9 heteroatoms. The first kappa shape index (κ1) is 25.1. The summed E-state index contributed by atoms with van der Waals surface area (Å²) in [5, 5.41) is 23.6. The van der Waals surface area contributed by atoms with Gasteiger partial charge in [-0.15, -0.1) is 0 Å². The summed E-state index contributed by atoms with van der Waals surface area (Å²) in [4.78, 5) is 29.5. The number of halogens is 1. The topological polar surface area (TPSA) is 112 Å². The van der Waals surface area contributed by atoms with Crippen molar-refractivity contribution in [2.45, 2.75) is 64.2 Å². The number of amides is 1. The number of aromatic nitrogens is 1. The van der Waals surface area contributed by atoms with Gasteiger partial charge in [-0.25, -0.2) is 4.79 Å². The molecule has 3 atom stereocenters. The number of carbonyl (C=O) groups excluding carboxylic acids is 2. The standard InChI is InChI=1S/C24H31ClN2O6/c1-24(2,3)33-22(29)19-11-14(9-10-27(19)23(30)31)5-8-20(28)21-16-12-15(32-4)6-7-18(16)26-13-17(21)25/h6-7,12-14,19-20,28H,5,8-11H2,1-4H3,(H,30,31)/p-1. The van der Waals surface area contributed by atoms with Crippen LogP contribution in [0.15, 0.2) is 24.4 Å². The maximum Gasteiger partial charge on any atom is 0.329 e. The highest BCUT2D eigenvalue weighted by atomic mass is 35.5. The average molecular weight is 478 g/mol. The number of aliphatic hydroxyl groups is 1. The van der Waals surface area contributed by atoms with Crippen molar-refractivity contribution >= 4 is 34.6 Å². The summed E-state index contributed by atoms with van der Waals surface area (Å²) in [6.07, 6.45) is 1.15. The molecule has 2 heterocycles. The number of esters is 1. The molecule has 1 aromatic heterocycles. The minimum atomic E-state index is -1.38. The van der Waals surface area contributed by atoms with Gasteiger partial charge in [-0.2, -0.15) is 0 Å². The first-order chi connectivity index (χ1) is 15.5. The van der Waals surface area contributed by atoms with Crippen LogP contribution in [-0.2, 0) is 9.53 Å². The zero-order chi connectivity index (χ0) is 24.3. The monoisotopic (exact) mass is 477 g/mol. The number of fused-ring (bicyclic) bond motifs is 1. The highest BCUT2D eigenvalue weighted by Gasteiger charge is 2.36. The van der Waals surface area contributed by atoms with Crippen molar-refractivity contribution in [2.75, 3.05) is 13.7 Å². The molecule has 0 bridgehead atoms. The molecule has 33 heavy (non-hydrogen) atoms. The van der Waals surface area contributed by atoms with Crippen LogP contribution in [0.4, 0.5) is 4.79 Å². The van der Waals surface area contributed by atoms with Gasteiger partial charge in [-0.05, 0) is 70.6 Å². The summed E-state index contributed by atoms with van der Waals surface area (Å²) in [6.45, 7) is 5.40. The van der Waals surface area contributed by atoms with Gasteiger partial charge in [0.25, 0.3) is 0 Å². The maximum atomic E-state index is 12.6. The number of likely N-dealkylation sites (tertiary alicyclic amines) is 1.